The van der Waals surface area contributed by atoms with Crippen molar-refractivity contribution in [2.75, 3.05) is 0 Å². The topological polar surface area (TPSA) is 56.5 Å². The molecule has 0 N–H and O–H groups in total. The van der Waals surface area contributed by atoms with Crippen LogP contribution < -0.4 is 10.2 Å². The van der Waals surface area contributed by atoms with Gasteiger partial charge in [0.2, 0.25) is 11.2 Å². The van der Waals surface area contributed by atoms with E-state index in [0.717, 1.165) is 6.07 Å². The summed E-state index contributed by atoms with van der Waals surface area (Å²) >= 11 is 12.0. The number of alkyl halides is 3. The maximum Gasteiger partial charge on any atom is 0.450 e. The average molecular weight is 479 g/mol. The van der Waals surface area contributed by atoms with E-state index in [-0.39, 0.29) is 32.3 Å². The monoisotopic (exact) mass is 478 g/mol. The molecule has 0 atom stereocenters. The molecule has 9 heteroatoms. The molecule has 0 unspecified atom stereocenters. The van der Waals surface area contributed by atoms with Crippen LogP contribution in [0.25, 0.3) is 22.1 Å². The first kappa shape index (κ1) is 21.9. The summed E-state index contributed by atoms with van der Waals surface area (Å²) in [5, 5.41) is -0.0195. The van der Waals surface area contributed by atoms with Gasteiger partial charge < -0.3 is 9.15 Å². The highest BCUT2D eigenvalue weighted by Gasteiger charge is 2.39. The zero-order chi connectivity index (χ0) is 23.0. The Kier molecular flexibility index (Phi) is 5.71. The first-order valence-electron chi connectivity index (χ1n) is 9.06. The van der Waals surface area contributed by atoms with Crippen LogP contribution in [0.2, 0.25) is 10.0 Å². The molecule has 4 aromatic rings. The number of hydrogen-bond acceptors (Lipinski definition) is 4. The zero-order valence-corrected chi connectivity index (χ0v) is 17.4. The zero-order valence-electron chi connectivity index (χ0n) is 15.9. The van der Waals surface area contributed by atoms with Crippen molar-refractivity contribution < 1.29 is 27.1 Å². The highest BCUT2D eigenvalue weighted by Crippen LogP contribution is 2.39. The SMILES string of the molecule is O=C(Oc1ccc2c(=O)c(-c3ccccc3Cl)c(C(F)(F)F)oc2c1)c1ccccc1Cl. The summed E-state index contributed by atoms with van der Waals surface area (Å²) in [5.74, 6) is -2.44. The number of ether oxygens (including phenoxy) is 1. The van der Waals surface area contributed by atoms with E-state index >= 15 is 0 Å². The number of esters is 1. The number of carbonyl (C=O) groups is 1. The second-order valence-electron chi connectivity index (χ2n) is 6.64. The molecule has 0 saturated heterocycles. The van der Waals surface area contributed by atoms with E-state index in [1.54, 1.807) is 12.1 Å². The maximum atomic E-state index is 13.8. The predicted octanol–water partition coefficient (Wildman–Crippen LogP) is 7.00. The Morgan fingerprint density at radius 2 is 1.56 bits per heavy atom. The highest BCUT2D eigenvalue weighted by molar-refractivity contribution is 6.34. The molecule has 0 spiro atoms. The largest absolute Gasteiger partial charge is 0.450 e. The Balaban J connectivity index is 1.86. The third kappa shape index (κ3) is 4.09. The van der Waals surface area contributed by atoms with Gasteiger partial charge in [-0.1, -0.05) is 53.5 Å². The number of hydrogen-bond donors (Lipinski definition) is 0. The number of rotatable bonds is 3. The van der Waals surface area contributed by atoms with E-state index < -0.39 is 34.5 Å². The van der Waals surface area contributed by atoms with Gasteiger partial charge in [-0.05, 0) is 30.3 Å². The van der Waals surface area contributed by atoms with Crippen LogP contribution in [0.1, 0.15) is 16.1 Å². The predicted molar refractivity (Wildman–Crippen MR) is 114 cm³/mol. The Morgan fingerprint density at radius 1 is 0.906 bits per heavy atom. The van der Waals surface area contributed by atoms with Crippen molar-refractivity contribution in [2.45, 2.75) is 6.18 Å². The molecule has 0 radical (unpaired) electrons. The molecule has 162 valence electrons. The summed E-state index contributed by atoms with van der Waals surface area (Å²) in [6.07, 6.45) is -4.98. The first-order chi connectivity index (χ1) is 15.2. The number of fused-ring (bicyclic) bond motifs is 1. The molecule has 0 amide bonds. The van der Waals surface area contributed by atoms with Gasteiger partial charge in [0.15, 0.2) is 0 Å². The maximum absolute atomic E-state index is 13.8. The van der Waals surface area contributed by atoms with Crippen molar-refractivity contribution in [3.63, 3.8) is 0 Å². The summed E-state index contributed by atoms with van der Waals surface area (Å²) < 4.78 is 51.6. The lowest BCUT2D eigenvalue weighted by Crippen LogP contribution is -2.16. The van der Waals surface area contributed by atoms with E-state index in [2.05, 4.69) is 0 Å². The van der Waals surface area contributed by atoms with Crippen LogP contribution in [0.3, 0.4) is 0 Å². The average Bonchev–Trinajstić information content (AvgIpc) is 2.74. The van der Waals surface area contributed by atoms with Gasteiger partial charge in [-0.3, -0.25) is 4.79 Å². The van der Waals surface area contributed by atoms with Crippen LogP contribution in [-0.2, 0) is 6.18 Å². The Bertz CT molecular complexity index is 1410. The van der Waals surface area contributed by atoms with E-state index in [1.807, 2.05) is 0 Å². The fraction of sp³-hybridized carbons (Fsp3) is 0.0435. The molecular formula is C23H11Cl2F3O4. The van der Waals surface area contributed by atoms with Crippen LogP contribution in [0.15, 0.2) is 75.9 Å². The summed E-state index contributed by atoms with van der Waals surface area (Å²) in [5.41, 5.74) is -2.05. The molecule has 0 aliphatic rings. The lowest BCUT2D eigenvalue weighted by atomic mass is 10.0. The van der Waals surface area contributed by atoms with Crippen molar-refractivity contribution >= 4 is 40.1 Å². The van der Waals surface area contributed by atoms with E-state index in [1.165, 1.54) is 48.5 Å². The van der Waals surface area contributed by atoms with E-state index in [0.29, 0.717) is 0 Å². The molecule has 4 rings (SSSR count). The minimum absolute atomic E-state index is 0.0325. The van der Waals surface area contributed by atoms with Gasteiger partial charge in [-0.2, -0.15) is 13.2 Å². The normalized spacial score (nSPS) is 11.5. The van der Waals surface area contributed by atoms with Crippen LogP contribution >= 0.6 is 23.2 Å². The van der Waals surface area contributed by atoms with Gasteiger partial charge in [0, 0.05) is 16.7 Å². The Morgan fingerprint density at radius 3 is 2.22 bits per heavy atom. The van der Waals surface area contributed by atoms with Gasteiger partial charge in [-0.25, -0.2) is 4.79 Å². The van der Waals surface area contributed by atoms with Crippen LogP contribution in [-0.4, -0.2) is 5.97 Å². The second-order valence-corrected chi connectivity index (χ2v) is 7.45. The third-order valence-corrected chi connectivity index (χ3v) is 5.23. The molecular weight excluding hydrogens is 468 g/mol. The summed E-state index contributed by atoms with van der Waals surface area (Å²) in [7, 11) is 0. The highest BCUT2D eigenvalue weighted by atomic mass is 35.5. The smallest absolute Gasteiger partial charge is 0.450 e. The van der Waals surface area contributed by atoms with Crippen molar-refractivity contribution in [2.24, 2.45) is 0 Å². The van der Waals surface area contributed by atoms with Gasteiger partial charge in [0.05, 0.1) is 21.5 Å². The molecule has 0 aliphatic carbocycles. The standard InChI is InChI=1S/C23H11Cl2F3O4/c24-16-7-3-1-5-13(16)19-20(29)15-10-9-12(11-18(15)32-21(19)23(26,27)28)31-22(30)14-6-2-4-8-17(14)25/h1-11H. The number of halogens is 5. The minimum atomic E-state index is -4.98. The molecule has 4 nitrogen and oxygen atoms in total. The Hall–Kier alpha value is -3.29. The summed E-state index contributed by atoms with van der Waals surface area (Å²) in [6, 6.07) is 15.3. The van der Waals surface area contributed by atoms with Crippen molar-refractivity contribution in [1.82, 2.24) is 0 Å². The number of carbonyl (C=O) groups excluding carboxylic acids is 1. The molecule has 0 fully saturated rings. The van der Waals surface area contributed by atoms with Crippen molar-refractivity contribution in [3.8, 4) is 16.9 Å². The van der Waals surface area contributed by atoms with Crippen LogP contribution in [0.5, 0.6) is 5.75 Å². The fourth-order valence-electron chi connectivity index (χ4n) is 3.13. The first-order valence-corrected chi connectivity index (χ1v) is 9.82. The van der Waals surface area contributed by atoms with Crippen LogP contribution in [0.4, 0.5) is 13.2 Å². The molecule has 0 bridgehead atoms. The van der Waals surface area contributed by atoms with Crippen molar-refractivity contribution in [3.05, 3.63) is 98.3 Å². The Labute approximate surface area is 188 Å². The van der Waals surface area contributed by atoms with Gasteiger partial charge in [0.25, 0.3) is 0 Å². The summed E-state index contributed by atoms with van der Waals surface area (Å²) in [4.78, 5) is 25.4. The second kappa shape index (κ2) is 8.33. The van der Waals surface area contributed by atoms with Gasteiger partial charge in [-0.15, -0.1) is 0 Å². The van der Waals surface area contributed by atoms with E-state index in [9.17, 15) is 22.8 Å². The van der Waals surface area contributed by atoms with Crippen molar-refractivity contribution in [1.29, 1.82) is 0 Å². The molecule has 1 aromatic heterocycles. The molecule has 0 saturated carbocycles. The van der Waals surface area contributed by atoms with Gasteiger partial charge in [0.1, 0.15) is 11.3 Å². The quantitative estimate of drug-likeness (QED) is 0.235. The molecule has 3 aromatic carbocycles. The lowest BCUT2D eigenvalue weighted by Gasteiger charge is -2.14. The minimum Gasteiger partial charge on any atom is -0.450 e. The van der Waals surface area contributed by atoms with Gasteiger partial charge >= 0.3 is 12.1 Å². The summed E-state index contributed by atoms with van der Waals surface area (Å²) in [6.45, 7) is 0. The van der Waals surface area contributed by atoms with Crippen LogP contribution in [0, 0.1) is 0 Å². The molecule has 1 heterocycles. The molecule has 0 aliphatic heterocycles. The molecule has 32 heavy (non-hydrogen) atoms. The fourth-order valence-corrected chi connectivity index (χ4v) is 3.58. The van der Waals surface area contributed by atoms with E-state index in [4.69, 9.17) is 32.4 Å². The lowest BCUT2D eigenvalue weighted by molar-refractivity contribution is -0.152. The number of benzene rings is 3. The third-order valence-electron chi connectivity index (χ3n) is 4.57.